The zero-order chi connectivity index (χ0) is 7.72. The van der Waals surface area contributed by atoms with Crippen molar-refractivity contribution < 1.29 is 0 Å². The molecule has 1 aliphatic rings. The number of thiocarbonyl (C=S) groups is 2. The molecule has 0 aromatic carbocycles. The molecule has 0 aliphatic carbocycles. The van der Waals surface area contributed by atoms with Crippen LogP contribution in [-0.2, 0) is 0 Å². The largest absolute Gasteiger partial charge is 0.330 e. The van der Waals surface area contributed by atoms with Gasteiger partial charge < -0.3 is 10.6 Å². The van der Waals surface area contributed by atoms with Crippen LogP contribution < -0.4 is 10.6 Å². The highest BCUT2D eigenvalue weighted by atomic mass is 32.1. The molecule has 2 nitrogen and oxygen atoms in total. The molecular formula is C6H8N2S2. The zero-order valence-electron chi connectivity index (χ0n) is 5.82. The third-order valence-corrected chi connectivity index (χ3v) is 1.70. The Kier molecular flexibility index (Phi) is 2.01. The summed E-state index contributed by atoms with van der Waals surface area (Å²) in [6.07, 6.45) is 0. The summed E-state index contributed by atoms with van der Waals surface area (Å²) in [6.45, 7) is 3.98. The monoisotopic (exact) mass is 172 g/mol. The average Bonchev–Trinajstić information content (AvgIpc) is 2.10. The van der Waals surface area contributed by atoms with Gasteiger partial charge in [-0.2, -0.15) is 0 Å². The van der Waals surface area contributed by atoms with Crippen LogP contribution in [-0.4, -0.2) is 10.1 Å². The molecule has 0 spiro atoms. The molecule has 0 saturated carbocycles. The Bertz CT molecular complexity index is 226. The highest BCUT2D eigenvalue weighted by molar-refractivity contribution is 7.82. The number of nitrogens with one attached hydrogen (secondary N) is 2. The van der Waals surface area contributed by atoms with E-state index in [1.807, 2.05) is 13.8 Å². The first-order valence-corrected chi connectivity index (χ1v) is 3.72. The molecule has 0 atom stereocenters. The molecule has 0 aromatic heterocycles. The summed E-state index contributed by atoms with van der Waals surface area (Å²) in [4.78, 5) is 0.699. The Morgan fingerprint density at radius 1 is 1.20 bits per heavy atom. The van der Waals surface area contributed by atoms with E-state index in [4.69, 9.17) is 24.4 Å². The first-order chi connectivity index (χ1) is 4.61. The number of allylic oxidation sites excluding steroid dienone is 1. The van der Waals surface area contributed by atoms with Crippen molar-refractivity contribution in [2.75, 3.05) is 0 Å². The predicted octanol–water partition coefficient (Wildman–Crippen LogP) is 1.09. The van der Waals surface area contributed by atoms with Crippen LogP contribution in [0.2, 0.25) is 0 Å². The maximum absolute atomic E-state index is 4.97. The summed E-state index contributed by atoms with van der Waals surface area (Å²) >= 11 is 9.82. The molecule has 1 saturated heterocycles. The molecule has 0 aromatic rings. The van der Waals surface area contributed by atoms with Crippen molar-refractivity contribution in [3.8, 4) is 0 Å². The minimum absolute atomic E-state index is 0.598. The van der Waals surface area contributed by atoms with Gasteiger partial charge in [0.2, 0.25) is 0 Å². The molecule has 4 heteroatoms. The Morgan fingerprint density at radius 2 is 1.80 bits per heavy atom. The van der Waals surface area contributed by atoms with Crippen molar-refractivity contribution in [3.05, 3.63) is 11.3 Å². The average molecular weight is 172 g/mol. The summed E-state index contributed by atoms with van der Waals surface area (Å²) < 4.78 is 0. The van der Waals surface area contributed by atoms with Crippen LogP contribution in [0.1, 0.15) is 13.8 Å². The zero-order valence-corrected chi connectivity index (χ0v) is 7.45. The maximum atomic E-state index is 4.97. The van der Waals surface area contributed by atoms with Gasteiger partial charge >= 0.3 is 0 Å². The predicted molar refractivity (Wildman–Crippen MR) is 49.8 cm³/mol. The molecule has 10 heavy (non-hydrogen) atoms. The minimum atomic E-state index is 0.598. The maximum Gasteiger partial charge on any atom is 0.176 e. The quantitative estimate of drug-likeness (QED) is 0.422. The van der Waals surface area contributed by atoms with Crippen molar-refractivity contribution >= 4 is 34.5 Å². The van der Waals surface area contributed by atoms with Crippen LogP contribution in [0.25, 0.3) is 0 Å². The van der Waals surface area contributed by atoms with E-state index in [2.05, 4.69) is 10.6 Å². The Labute approximate surface area is 70.7 Å². The van der Waals surface area contributed by atoms with Crippen LogP contribution in [0, 0.1) is 0 Å². The second kappa shape index (κ2) is 2.64. The van der Waals surface area contributed by atoms with E-state index in [9.17, 15) is 0 Å². The van der Waals surface area contributed by atoms with Gasteiger partial charge in [0.15, 0.2) is 5.11 Å². The lowest BCUT2D eigenvalue weighted by atomic mass is 10.3. The van der Waals surface area contributed by atoms with Gasteiger partial charge in [-0.1, -0.05) is 12.2 Å². The Morgan fingerprint density at radius 3 is 2.00 bits per heavy atom. The highest BCUT2D eigenvalue weighted by Gasteiger charge is 2.16. The molecule has 0 radical (unpaired) electrons. The van der Waals surface area contributed by atoms with Crippen molar-refractivity contribution in [2.24, 2.45) is 0 Å². The standard InChI is InChI=1S/C6H8N2S2/c1-3(2)4-5(9)8-6(10)7-4/h1-2H3,(H2,7,8,9,10). The lowest BCUT2D eigenvalue weighted by Gasteiger charge is -1.96. The summed E-state index contributed by atoms with van der Waals surface area (Å²) in [5.74, 6) is 0. The third-order valence-electron chi connectivity index (χ3n) is 1.19. The Hall–Kier alpha value is -0.480. The fourth-order valence-corrected chi connectivity index (χ4v) is 1.35. The third kappa shape index (κ3) is 1.33. The fourth-order valence-electron chi connectivity index (χ4n) is 0.719. The van der Waals surface area contributed by atoms with Gasteiger partial charge in [-0.15, -0.1) is 0 Å². The van der Waals surface area contributed by atoms with Gasteiger partial charge in [-0.05, 0) is 31.6 Å². The molecule has 1 aliphatic heterocycles. The second-order valence-corrected chi connectivity index (χ2v) is 3.10. The van der Waals surface area contributed by atoms with Crippen molar-refractivity contribution in [1.29, 1.82) is 0 Å². The van der Waals surface area contributed by atoms with Gasteiger partial charge in [-0.3, -0.25) is 0 Å². The van der Waals surface area contributed by atoms with Crippen molar-refractivity contribution in [2.45, 2.75) is 13.8 Å². The normalized spacial score (nSPS) is 16.8. The number of hydrogen-bond acceptors (Lipinski definition) is 2. The highest BCUT2D eigenvalue weighted by Crippen LogP contribution is 2.05. The van der Waals surface area contributed by atoms with Gasteiger partial charge in [-0.25, -0.2) is 0 Å². The first kappa shape index (κ1) is 7.63. The summed E-state index contributed by atoms with van der Waals surface area (Å²) in [5, 5.41) is 6.40. The van der Waals surface area contributed by atoms with Crippen molar-refractivity contribution in [3.63, 3.8) is 0 Å². The van der Waals surface area contributed by atoms with Gasteiger partial charge in [0.1, 0.15) is 4.99 Å². The molecule has 54 valence electrons. The fraction of sp³-hybridized carbons (Fsp3) is 0.333. The first-order valence-electron chi connectivity index (χ1n) is 2.91. The molecule has 0 unspecified atom stereocenters. The molecule has 2 N–H and O–H groups in total. The van der Waals surface area contributed by atoms with Crippen LogP contribution in [0.3, 0.4) is 0 Å². The van der Waals surface area contributed by atoms with E-state index in [-0.39, 0.29) is 0 Å². The molecule has 1 heterocycles. The lowest BCUT2D eigenvalue weighted by Crippen LogP contribution is -2.21. The second-order valence-electron chi connectivity index (χ2n) is 2.28. The van der Waals surface area contributed by atoms with E-state index in [1.54, 1.807) is 0 Å². The van der Waals surface area contributed by atoms with Crippen molar-refractivity contribution in [1.82, 2.24) is 10.6 Å². The lowest BCUT2D eigenvalue weighted by molar-refractivity contribution is 1.19. The van der Waals surface area contributed by atoms with E-state index in [0.717, 1.165) is 11.3 Å². The van der Waals surface area contributed by atoms with E-state index >= 15 is 0 Å². The van der Waals surface area contributed by atoms with E-state index in [0.29, 0.717) is 10.1 Å². The van der Waals surface area contributed by atoms with Gasteiger partial charge in [0.25, 0.3) is 0 Å². The molecule has 0 bridgehead atoms. The minimum Gasteiger partial charge on any atom is -0.330 e. The number of hydrogen-bond donors (Lipinski definition) is 2. The van der Waals surface area contributed by atoms with E-state index < -0.39 is 0 Å². The summed E-state index contributed by atoms with van der Waals surface area (Å²) in [5.41, 5.74) is 2.09. The van der Waals surface area contributed by atoms with Crippen LogP contribution in [0.15, 0.2) is 11.3 Å². The van der Waals surface area contributed by atoms with Gasteiger partial charge in [0.05, 0.1) is 5.70 Å². The smallest absolute Gasteiger partial charge is 0.176 e. The summed E-state index contributed by atoms with van der Waals surface area (Å²) in [7, 11) is 0. The van der Waals surface area contributed by atoms with Crippen LogP contribution in [0.5, 0.6) is 0 Å². The van der Waals surface area contributed by atoms with Crippen LogP contribution in [0.4, 0.5) is 0 Å². The number of rotatable bonds is 0. The molecule has 1 rings (SSSR count). The van der Waals surface area contributed by atoms with Gasteiger partial charge in [0, 0.05) is 0 Å². The van der Waals surface area contributed by atoms with Crippen LogP contribution >= 0.6 is 24.4 Å². The SMILES string of the molecule is CC(C)=C1NC(=S)NC1=S. The summed E-state index contributed by atoms with van der Waals surface area (Å²) in [6, 6.07) is 0. The van der Waals surface area contributed by atoms with E-state index in [1.165, 1.54) is 0 Å². The topological polar surface area (TPSA) is 24.1 Å². The molecule has 0 amide bonds. The Balaban J connectivity index is 2.93. The molecular weight excluding hydrogens is 164 g/mol. The molecule has 1 fully saturated rings.